The van der Waals surface area contributed by atoms with Crippen molar-refractivity contribution in [2.75, 3.05) is 0 Å². The van der Waals surface area contributed by atoms with Crippen LogP contribution in [0.2, 0.25) is 0 Å². The lowest BCUT2D eigenvalue weighted by molar-refractivity contribution is -0.278. The first-order valence-corrected chi connectivity index (χ1v) is 34.4. The van der Waals surface area contributed by atoms with Gasteiger partial charge in [-0.2, -0.15) is 0 Å². The lowest BCUT2D eigenvalue weighted by atomic mass is 9.23. The van der Waals surface area contributed by atoms with Crippen molar-refractivity contribution in [2.45, 2.75) is 64.2 Å². The Bertz CT molecular complexity index is 4470. The predicted octanol–water partition coefficient (Wildman–Crippen LogP) is 20.2. The van der Waals surface area contributed by atoms with Crippen LogP contribution in [-0.2, 0) is 0 Å². The quantitative estimate of drug-likeness (QED) is 0.154. The van der Waals surface area contributed by atoms with Gasteiger partial charge in [-0.3, -0.25) is 0 Å². The van der Waals surface area contributed by atoms with Gasteiger partial charge in [0.15, 0.2) is 0 Å². The van der Waals surface area contributed by atoms with Gasteiger partial charge in [0.2, 0.25) is 0 Å². The van der Waals surface area contributed by atoms with E-state index >= 15 is 0 Å². The van der Waals surface area contributed by atoms with E-state index in [-0.39, 0.29) is 0 Å². The molecule has 0 aliphatic heterocycles. The minimum absolute atomic E-state index is 0.528. The second-order valence-corrected chi connectivity index (χ2v) is 27.8. The van der Waals surface area contributed by atoms with Gasteiger partial charge < -0.3 is 0 Å². The molecule has 0 amide bonds. The van der Waals surface area contributed by atoms with Crippen LogP contribution in [0.5, 0.6) is 0 Å². The Morgan fingerprint density at radius 2 is 0.347 bits per heavy atom. The van der Waals surface area contributed by atoms with Crippen molar-refractivity contribution in [2.24, 2.45) is 43.3 Å². The molecule has 8 aliphatic carbocycles. The number of allylic oxidation sites excluding steroid dienone is 16. The Labute approximate surface area is 581 Å². The molecular weight excluding hydrogens is 1180 g/mol. The van der Waals surface area contributed by atoms with Crippen molar-refractivity contribution in [3.05, 3.63) is 382 Å². The van der Waals surface area contributed by atoms with Gasteiger partial charge in [-0.15, -0.1) is 0 Å². The van der Waals surface area contributed by atoms with Crippen LogP contribution in [0.4, 0.5) is 0 Å². The van der Waals surface area contributed by atoms with Gasteiger partial charge in [-0.1, -0.05) is 289 Å². The number of benzene rings is 8. The van der Waals surface area contributed by atoms with Crippen LogP contribution in [0.1, 0.15) is 109 Å². The van der Waals surface area contributed by atoms with Gasteiger partial charge in [0.25, 0.3) is 0 Å². The summed E-state index contributed by atoms with van der Waals surface area (Å²) in [6.07, 6.45) is 36.7. The third-order valence-corrected chi connectivity index (χ3v) is 21.9. The molecule has 0 N–H and O–H groups in total. The molecule has 4 fully saturated rings. The average molecular weight is 1250 g/mol. The molecule has 16 rings (SSSR count). The van der Waals surface area contributed by atoms with Gasteiger partial charge in [0, 0.05) is 66.8 Å². The molecule has 8 aromatic carbocycles. The first-order chi connectivity index (χ1) is 48.2. The lowest BCUT2D eigenvalue weighted by Crippen LogP contribution is -2.73. The van der Waals surface area contributed by atoms with E-state index in [1.54, 1.807) is 0 Å². The summed E-state index contributed by atoms with van der Waals surface area (Å²) in [5, 5.41) is 0. The summed E-state index contributed by atoms with van der Waals surface area (Å²) in [7, 11) is 0. The summed E-state index contributed by atoms with van der Waals surface area (Å²) >= 11 is 0. The number of hydrogen-bond acceptors (Lipinski definition) is 0. The van der Waals surface area contributed by atoms with Crippen molar-refractivity contribution < 1.29 is 0 Å². The van der Waals surface area contributed by atoms with Gasteiger partial charge in [0.05, 0.1) is 21.7 Å². The molecule has 8 aliphatic rings. The average Bonchev–Trinajstić information content (AvgIpc) is 0.643. The number of hydrogen-bond donors (Lipinski definition) is 0. The van der Waals surface area contributed by atoms with Crippen LogP contribution in [0.3, 0.4) is 0 Å². The van der Waals surface area contributed by atoms with Crippen molar-refractivity contribution in [1.82, 2.24) is 0 Å². The van der Waals surface area contributed by atoms with Crippen LogP contribution in [0.15, 0.2) is 338 Å². The molecule has 0 heterocycles. The fourth-order valence-corrected chi connectivity index (χ4v) is 17.4. The monoisotopic (exact) mass is 1250 g/mol. The smallest absolute Gasteiger partial charge is 0.0592 e. The second kappa shape index (κ2) is 26.8. The van der Waals surface area contributed by atoms with Crippen LogP contribution < -0.4 is 0 Å². The van der Waals surface area contributed by atoms with Gasteiger partial charge in [0.1, 0.15) is 0 Å². The highest BCUT2D eigenvalue weighted by Gasteiger charge is 2.80. The largest absolute Gasteiger partial charge is 0.0860 e. The van der Waals surface area contributed by atoms with Gasteiger partial charge in [-0.25, -0.2) is 0 Å². The zero-order valence-electron chi connectivity index (χ0n) is 55.1. The summed E-state index contributed by atoms with van der Waals surface area (Å²) in [5.41, 5.74) is 6.87. The SMILES string of the molecule is C(#Cc1ccccc1)C1=CCC(C#Cc2ccccc2)(C23CC4(C5(C#Cc6ccccc6)C=CC(C#Cc6ccccc6)=CC5)CC(C5(C#Cc6ccccc6)C=CC(C#Cc6ccccc6)=CC5)(C2)CC(C2(C#Cc5ccccc5)C=CC(C#Cc5ccccc5)=CC2)(C3)C4)C=C1. The maximum atomic E-state index is 4.31. The maximum absolute atomic E-state index is 4.31. The van der Waals surface area contributed by atoms with E-state index < -0.39 is 43.3 Å². The summed E-state index contributed by atoms with van der Waals surface area (Å²) in [6.45, 7) is 0. The Balaban J connectivity index is 1.02. The summed E-state index contributed by atoms with van der Waals surface area (Å²) in [6, 6.07) is 83.8. The van der Waals surface area contributed by atoms with E-state index in [1.807, 2.05) is 24.3 Å². The topological polar surface area (TPSA) is 0 Å². The molecule has 0 aromatic heterocycles. The molecule has 0 heteroatoms. The Hall–Kier alpha value is -11.8. The van der Waals surface area contributed by atoms with E-state index in [0.717, 1.165) is 105 Å². The van der Waals surface area contributed by atoms with Crippen LogP contribution in [0.25, 0.3) is 0 Å². The number of rotatable bonds is 4. The molecule has 4 saturated carbocycles. The molecule has 4 atom stereocenters. The van der Waals surface area contributed by atoms with E-state index in [0.29, 0.717) is 25.7 Å². The fourth-order valence-electron chi connectivity index (χ4n) is 17.4. The van der Waals surface area contributed by atoms with Crippen LogP contribution in [-0.4, -0.2) is 0 Å². The zero-order chi connectivity index (χ0) is 66.1. The molecule has 8 aromatic rings. The van der Waals surface area contributed by atoms with Crippen molar-refractivity contribution in [1.29, 1.82) is 0 Å². The molecule has 4 bridgehead atoms. The minimum Gasteiger partial charge on any atom is -0.0860 e. The Morgan fingerprint density at radius 1 is 0.184 bits per heavy atom. The highest BCUT2D eigenvalue weighted by atomic mass is 14.8. The van der Waals surface area contributed by atoms with Gasteiger partial charge >= 0.3 is 0 Å². The second-order valence-electron chi connectivity index (χ2n) is 27.8. The molecule has 0 nitrogen and oxygen atoms in total. The molecule has 464 valence electrons. The molecule has 0 radical (unpaired) electrons. The van der Waals surface area contributed by atoms with E-state index in [2.05, 4.69) is 386 Å². The highest BCUT2D eigenvalue weighted by Crippen LogP contribution is 2.87. The molecular formula is C98H72. The van der Waals surface area contributed by atoms with E-state index in [9.17, 15) is 0 Å². The minimum atomic E-state index is -0.721. The predicted molar refractivity (Wildman–Crippen MR) is 401 cm³/mol. The lowest BCUT2D eigenvalue weighted by Gasteiger charge is -2.79. The molecule has 0 saturated heterocycles. The molecule has 4 unspecified atom stereocenters. The highest BCUT2D eigenvalue weighted by molar-refractivity contribution is 5.59. The van der Waals surface area contributed by atoms with Gasteiger partial charge in [-0.05, 0) is 207 Å². The summed E-state index contributed by atoms with van der Waals surface area (Å²) < 4.78 is 0. The van der Waals surface area contributed by atoms with Crippen LogP contribution >= 0.6 is 0 Å². The fraction of sp³-hybridized carbons (Fsp3) is 0.184. The summed E-state index contributed by atoms with van der Waals surface area (Å²) in [4.78, 5) is 0. The zero-order valence-corrected chi connectivity index (χ0v) is 55.1. The molecule has 98 heavy (non-hydrogen) atoms. The normalized spacial score (nSPS) is 26.9. The standard InChI is InChI=1S/C98H72/c1-9-25-79(26-10-1)41-45-87-53-65-91(66-54-87,61-49-83-33-17-5-18-34-83)95-73-96(92(62-50-84-35-19-6-20-36-84)67-55-88(56-68-92)46-42-80-27-11-2-12-28-80)76-97(74-95,93(63-51-85-37-21-7-22-38-85)69-57-89(58-70-93)47-43-81-29-13-3-14-30-81)78-98(75-95,77-96)94(64-52-86-39-23-8-24-40-86)71-59-90(60-72-94)48-44-82-31-15-4-16-32-82/h1-40,53-60,65,67,69,71H,66,68,70,72-78H2. The Morgan fingerprint density at radius 3 is 0.500 bits per heavy atom. The third-order valence-electron chi connectivity index (χ3n) is 21.9. The molecule has 0 spiro atoms. The van der Waals surface area contributed by atoms with Crippen molar-refractivity contribution in [3.63, 3.8) is 0 Å². The van der Waals surface area contributed by atoms with Crippen molar-refractivity contribution in [3.8, 4) is 94.7 Å². The van der Waals surface area contributed by atoms with Crippen LogP contribution in [0, 0.1) is 138 Å². The van der Waals surface area contributed by atoms with Crippen molar-refractivity contribution >= 4 is 0 Å². The first kappa shape index (κ1) is 62.3. The summed E-state index contributed by atoms with van der Waals surface area (Å²) in [5.74, 6) is 61.6. The maximum Gasteiger partial charge on any atom is 0.0592 e. The van der Waals surface area contributed by atoms with E-state index in [4.69, 9.17) is 0 Å². The third kappa shape index (κ3) is 12.5. The Kier molecular flexibility index (Phi) is 17.0. The first-order valence-electron chi connectivity index (χ1n) is 34.4. The van der Waals surface area contributed by atoms with E-state index in [1.165, 1.54) is 0 Å².